The molecule has 0 radical (unpaired) electrons. The number of hydrogen-bond acceptors (Lipinski definition) is 4. The van der Waals surface area contributed by atoms with Gasteiger partial charge in [-0.15, -0.1) is 0 Å². The summed E-state index contributed by atoms with van der Waals surface area (Å²) in [6.07, 6.45) is 1.10. The number of halogens is 4. The fourth-order valence-electron chi connectivity index (χ4n) is 5.99. The maximum absolute atomic E-state index is 14.2. The van der Waals surface area contributed by atoms with Gasteiger partial charge in [0.2, 0.25) is 11.8 Å². The molecule has 1 saturated carbocycles. The number of rotatable bonds is 9. The van der Waals surface area contributed by atoms with E-state index in [1.54, 1.807) is 48.5 Å². The second-order valence-electron chi connectivity index (χ2n) is 10.9. The van der Waals surface area contributed by atoms with E-state index < -0.39 is 30.4 Å². The molecule has 1 aromatic heterocycles. The summed E-state index contributed by atoms with van der Waals surface area (Å²) in [5.74, 6) is -0.312. The quantitative estimate of drug-likeness (QED) is 0.313. The number of aromatic nitrogens is 2. The number of carbonyl (C=O) groups excluding carboxylic acids is 2. The van der Waals surface area contributed by atoms with Crippen LogP contribution >= 0.6 is 11.6 Å². The van der Waals surface area contributed by atoms with E-state index in [4.69, 9.17) is 16.3 Å². The van der Waals surface area contributed by atoms with Gasteiger partial charge in [0.15, 0.2) is 5.69 Å². The van der Waals surface area contributed by atoms with Crippen LogP contribution in [0.25, 0.3) is 0 Å². The topological polar surface area (TPSA) is 76.5 Å². The van der Waals surface area contributed by atoms with Gasteiger partial charge in [-0.2, -0.15) is 18.3 Å². The summed E-state index contributed by atoms with van der Waals surface area (Å²) >= 11 is 6.49. The van der Waals surface area contributed by atoms with Crippen molar-refractivity contribution >= 4 is 23.4 Å². The monoisotopic (exact) mass is 602 g/mol. The molecule has 1 atom stereocenters. The summed E-state index contributed by atoms with van der Waals surface area (Å²) in [6, 6.07) is 12.8. The predicted octanol–water partition coefficient (Wildman–Crippen LogP) is 6.27. The number of carbonyl (C=O) groups is 2. The zero-order valence-corrected chi connectivity index (χ0v) is 24.2. The molecule has 1 N–H and O–H groups in total. The number of nitrogens with zero attached hydrogens (tertiary/aromatic N) is 3. The first-order valence-electron chi connectivity index (χ1n) is 14.3. The van der Waals surface area contributed by atoms with Crippen LogP contribution < -0.4 is 10.1 Å². The fraction of sp³-hybridized carbons (Fsp3) is 0.452. The molecular weight excluding hydrogens is 569 g/mol. The Bertz CT molecular complexity index is 1420. The first-order valence-corrected chi connectivity index (χ1v) is 14.7. The minimum absolute atomic E-state index is 0.0111. The number of alkyl halides is 3. The summed E-state index contributed by atoms with van der Waals surface area (Å²) in [5, 5.41) is 7.42. The van der Waals surface area contributed by atoms with Crippen molar-refractivity contribution in [2.75, 3.05) is 7.11 Å². The second-order valence-corrected chi connectivity index (χ2v) is 11.3. The first kappa shape index (κ1) is 29.9. The van der Waals surface area contributed by atoms with Crippen molar-refractivity contribution in [3.05, 3.63) is 81.6 Å². The van der Waals surface area contributed by atoms with Gasteiger partial charge >= 0.3 is 6.18 Å². The van der Waals surface area contributed by atoms with Crippen LogP contribution in [0.1, 0.15) is 72.6 Å². The second kappa shape index (κ2) is 12.8. The third-order valence-corrected chi connectivity index (χ3v) is 8.49. The van der Waals surface area contributed by atoms with Crippen molar-refractivity contribution in [1.29, 1.82) is 0 Å². The van der Waals surface area contributed by atoms with E-state index in [0.717, 1.165) is 25.7 Å². The van der Waals surface area contributed by atoms with E-state index in [1.807, 2.05) is 0 Å². The van der Waals surface area contributed by atoms with E-state index in [1.165, 1.54) is 16.7 Å². The number of fused-ring (bicyclic) bond motifs is 1. The molecule has 7 nitrogen and oxygen atoms in total. The number of hydrogen-bond donors (Lipinski definition) is 1. The van der Waals surface area contributed by atoms with Crippen LogP contribution in [-0.2, 0) is 41.7 Å². The maximum atomic E-state index is 14.2. The van der Waals surface area contributed by atoms with Gasteiger partial charge in [0.1, 0.15) is 18.3 Å². The van der Waals surface area contributed by atoms with E-state index >= 15 is 0 Å². The third kappa shape index (κ3) is 6.59. The molecule has 0 bridgehead atoms. The van der Waals surface area contributed by atoms with Crippen LogP contribution in [0.2, 0.25) is 5.02 Å². The largest absolute Gasteiger partial charge is 0.497 e. The average molecular weight is 603 g/mol. The standard InChI is InChI=1S/C31H34ClF3N4O3/c1-42-23-16-14-20(15-17-23)28(30(41)36-22-9-3-4-10-22)38(18-21-8-2-6-12-25(21)32)27(40)19-39-26-13-7-5-11-24(26)29(37-39)31(33,34)35/h2,6,8,12,14-17,22,28H,3-5,7,9-11,13,18-19H2,1H3,(H,36,41). The molecule has 2 aromatic carbocycles. The van der Waals surface area contributed by atoms with Gasteiger partial charge in [-0.25, -0.2) is 0 Å². The van der Waals surface area contributed by atoms with Gasteiger partial charge in [-0.1, -0.05) is 54.8 Å². The number of amides is 2. The van der Waals surface area contributed by atoms with Crippen molar-refractivity contribution in [3.63, 3.8) is 0 Å². The zero-order valence-electron chi connectivity index (χ0n) is 23.4. The van der Waals surface area contributed by atoms with Crippen molar-refractivity contribution in [2.45, 2.75) is 82.7 Å². The minimum Gasteiger partial charge on any atom is -0.497 e. The molecular formula is C31H34ClF3N4O3. The van der Waals surface area contributed by atoms with Crippen LogP contribution in [0.4, 0.5) is 13.2 Å². The molecule has 5 rings (SSSR count). The highest BCUT2D eigenvalue weighted by atomic mass is 35.5. The molecule has 3 aromatic rings. The van der Waals surface area contributed by atoms with Crippen LogP contribution in [0.5, 0.6) is 5.75 Å². The van der Waals surface area contributed by atoms with E-state index in [9.17, 15) is 22.8 Å². The lowest BCUT2D eigenvalue weighted by molar-refractivity contribution is -0.144. The molecule has 1 unspecified atom stereocenters. The van der Waals surface area contributed by atoms with Crippen molar-refractivity contribution in [3.8, 4) is 5.75 Å². The Morgan fingerprint density at radius 2 is 1.76 bits per heavy atom. The summed E-state index contributed by atoms with van der Waals surface area (Å²) in [6.45, 7) is -0.463. The Kier molecular flexibility index (Phi) is 9.11. The third-order valence-electron chi connectivity index (χ3n) is 8.12. The predicted molar refractivity (Wildman–Crippen MR) is 152 cm³/mol. The molecule has 0 saturated heterocycles. The summed E-state index contributed by atoms with van der Waals surface area (Å²) < 4.78 is 48.1. The zero-order chi connectivity index (χ0) is 29.9. The van der Waals surface area contributed by atoms with E-state index in [-0.39, 0.29) is 30.5 Å². The van der Waals surface area contributed by atoms with Gasteiger partial charge in [0.25, 0.3) is 0 Å². The van der Waals surface area contributed by atoms with Crippen LogP contribution in [-0.4, -0.2) is 39.6 Å². The Hall–Kier alpha value is -3.53. The van der Waals surface area contributed by atoms with Crippen LogP contribution in [0.3, 0.4) is 0 Å². The van der Waals surface area contributed by atoms with E-state index in [0.29, 0.717) is 46.9 Å². The minimum atomic E-state index is -4.63. The Morgan fingerprint density at radius 3 is 2.43 bits per heavy atom. The molecule has 2 amide bonds. The average Bonchev–Trinajstić information content (AvgIpc) is 3.62. The highest BCUT2D eigenvalue weighted by Gasteiger charge is 2.40. The summed E-state index contributed by atoms with van der Waals surface area (Å²) in [7, 11) is 1.53. The van der Waals surface area contributed by atoms with Gasteiger partial charge < -0.3 is 15.0 Å². The Balaban J connectivity index is 1.55. The number of methoxy groups -OCH3 is 1. The normalized spacial score (nSPS) is 16.1. The van der Waals surface area contributed by atoms with E-state index in [2.05, 4.69) is 10.4 Å². The Morgan fingerprint density at radius 1 is 1.07 bits per heavy atom. The lowest BCUT2D eigenvalue weighted by atomic mass is 9.95. The Labute approximate surface area is 248 Å². The summed E-state index contributed by atoms with van der Waals surface area (Å²) in [4.78, 5) is 29.5. The lowest BCUT2D eigenvalue weighted by Crippen LogP contribution is -2.46. The smallest absolute Gasteiger partial charge is 0.435 e. The molecule has 0 spiro atoms. The summed E-state index contributed by atoms with van der Waals surface area (Å²) in [5.41, 5.74) is 0.803. The van der Waals surface area contributed by atoms with Crippen LogP contribution in [0.15, 0.2) is 48.5 Å². The lowest BCUT2D eigenvalue weighted by Gasteiger charge is -2.33. The highest BCUT2D eigenvalue weighted by Crippen LogP contribution is 2.36. The van der Waals surface area contributed by atoms with Crippen molar-refractivity contribution in [1.82, 2.24) is 20.0 Å². The molecule has 2 aliphatic carbocycles. The molecule has 1 fully saturated rings. The van der Waals surface area contributed by atoms with Gasteiger partial charge in [-0.05, 0) is 67.9 Å². The van der Waals surface area contributed by atoms with Gasteiger partial charge in [-0.3, -0.25) is 14.3 Å². The molecule has 1 heterocycles. The number of nitrogens with one attached hydrogen (secondary N) is 1. The first-order chi connectivity index (χ1) is 20.2. The molecule has 0 aliphatic heterocycles. The number of benzene rings is 2. The number of ether oxygens (including phenoxy) is 1. The van der Waals surface area contributed by atoms with Gasteiger partial charge in [0.05, 0.1) is 7.11 Å². The van der Waals surface area contributed by atoms with Crippen molar-refractivity contribution < 1.29 is 27.5 Å². The molecule has 42 heavy (non-hydrogen) atoms. The van der Waals surface area contributed by atoms with Crippen LogP contribution in [0, 0.1) is 0 Å². The van der Waals surface area contributed by atoms with Crippen molar-refractivity contribution in [2.24, 2.45) is 0 Å². The molecule has 11 heteroatoms. The fourth-order valence-corrected chi connectivity index (χ4v) is 6.19. The maximum Gasteiger partial charge on any atom is 0.435 e. The highest BCUT2D eigenvalue weighted by molar-refractivity contribution is 6.31. The SMILES string of the molecule is COc1ccc(C(C(=O)NC2CCCC2)N(Cc2ccccc2Cl)C(=O)Cn2nc(C(F)(F)F)c3c2CCCC3)cc1. The molecule has 224 valence electrons. The van der Waals surface area contributed by atoms with Gasteiger partial charge in [0, 0.05) is 28.9 Å². The molecule has 2 aliphatic rings.